The molecule has 7 heteroatoms. The van der Waals surface area contributed by atoms with E-state index in [1.165, 1.54) is 18.9 Å². The van der Waals surface area contributed by atoms with Crippen molar-refractivity contribution in [1.82, 2.24) is 10.2 Å². The van der Waals surface area contributed by atoms with Gasteiger partial charge in [0.05, 0.1) is 13.2 Å². The van der Waals surface area contributed by atoms with Gasteiger partial charge in [0.2, 0.25) is 12.2 Å². The number of hydrogen-bond acceptors (Lipinski definition) is 5. The molecule has 118 valence electrons. The van der Waals surface area contributed by atoms with Gasteiger partial charge in [-0.3, -0.25) is 19.2 Å². The Morgan fingerprint density at radius 1 is 1.27 bits per heavy atom. The number of benzene rings is 1. The van der Waals surface area contributed by atoms with Crippen LogP contribution in [0.15, 0.2) is 30.3 Å². The summed E-state index contributed by atoms with van der Waals surface area (Å²) >= 11 is 0. The molecule has 1 aromatic carbocycles. The fourth-order valence-corrected chi connectivity index (χ4v) is 1.71. The number of ether oxygens (including phenoxy) is 1. The number of nitrogens with zero attached hydrogens (tertiary/aromatic N) is 1. The summed E-state index contributed by atoms with van der Waals surface area (Å²) in [5.41, 5.74) is 0.837. The van der Waals surface area contributed by atoms with E-state index in [-0.39, 0.29) is 6.54 Å². The summed E-state index contributed by atoms with van der Waals surface area (Å²) in [6.45, 7) is 1.27. The molecular weight excluding hydrogens is 288 g/mol. The predicted molar refractivity (Wildman–Crippen MR) is 77.5 cm³/mol. The molecule has 1 N–H and O–H groups in total. The molecule has 0 aliphatic heterocycles. The molecule has 22 heavy (non-hydrogen) atoms. The Kier molecular flexibility index (Phi) is 6.75. The van der Waals surface area contributed by atoms with Crippen LogP contribution in [-0.2, 0) is 30.5 Å². The van der Waals surface area contributed by atoms with Gasteiger partial charge in [-0.1, -0.05) is 30.3 Å². The summed E-state index contributed by atoms with van der Waals surface area (Å²) < 4.78 is 4.36. The number of carbonyl (C=O) groups excluding carboxylic acids is 4. The molecule has 0 aliphatic rings. The monoisotopic (exact) mass is 306 g/mol. The fourth-order valence-electron chi connectivity index (χ4n) is 1.71. The maximum atomic E-state index is 12.0. The van der Waals surface area contributed by atoms with Gasteiger partial charge in [0, 0.05) is 6.54 Å². The van der Waals surface area contributed by atoms with Crippen LogP contribution in [-0.4, -0.2) is 48.7 Å². The summed E-state index contributed by atoms with van der Waals surface area (Å²) in [4.78, 5) is 46.9. The van der Waals surface area contributed by atoms with Gasteiger partial charge in [-0.15, -0.1) is 0 Å². The van der Waals surface area contributed by atoms with E-state index in [9.17, 15) is 19.2 Å². The maximum Gasteiger partial charge on any atom is 0.325 e. The molecule has 0 radical (unpaired) electrons. The number of esters is 1. The number of Topliss-reactive ketones (excluding diaryl/α,β-unsaturated/α-hetero) is 1. The van der Waals surface area contributed by atoms with Crippen molar-refractivity contribution >= 4 is 24.1 Å². The van der Waals surface area contributed by atoms with Crippen LogP contribution in [0.2, 0.25) is 0 Å². The lowest BCUT2D eigenvalue weighted by atomic mass is 10.1. The molecule has 0 bridgehead atoms. The summed E-state index contributed by atoms with van der Waals surface area (Å²) in [6.07, 6.45) is 0.517. The molecular formula is C15H18N2O5. The predicted octanol–water partition coefficient (Wildman–Crippen LogP) is -0.108. The van der Waals surface area contributed by atoms with Gasteiger partial charge in [0.15, 0.2) is 0 Å². The normalized spacial score (nSPS) is 11.2. The van der Waals surface area contributed by atoms with E-state index in [1.54, 1.807) is 0 Å². The Morgan fingerprint density at radius 3 is 2.45 bits per heavy atom. The first-order valence-electron chi connectivity index (χ1n) is 6.63. The highest BCUT2D eigenvalue weighted by molar-refractivity contribution is 6.38. The van der Waals surface area contributed by atoms with Gasteiger partial charge in [-0.2, -0.15) is 0 Å². The molecule has 0 saturated carbocycles. The zero-order valence-electron chi connectivity index (χ0n) is 12.4. The van der Waals surface area contributed by atoms with Crippen molar-refractivity contribution in [3.63, 3.8) is 0 Å². The third kappa shape index (κ3) is 5.01. The molecule has 1 atom stereocenters. The Morgan fingerprint density at radius 2 is 1.91 bits per heavy atom. The second kappa shape index (κ2) is 8.56. The van der Waals surface area contributed by atoms with Crippen molar-refractivity contribution < 1.29 is 23.9 Å². The zero-order chi connectivity index (χ0) is 16.5. The number of ketones is 1. The van der Waals surface area contributed by atoms with E-state index in [0.717, 1.165) is 5.56 Å². The molecule has 0 fully saturated rings. The van der Waals surface area contributed by atoms with Gasteiger partial charge >= 0.3 is 5.97 Å². The van der Waals surface area contributed by atoms with E-state index in [4.69, 9.17) is 0 Å². The molecule has 0 heterocycles. The number of hydrogen-bond donors (Lipinski definition) is 1. The molecule has 2 amide bonds. The molecule has 0 aliphatic carbocycles. The number of rotatable bonds is 8. The van der Waals surface area contributed by atoms with E-state index in [1.807, 2.05) is 30.3 Å². The van der Waals surface area contributed by atoms with Crippen LogP contribution in [0.25, 0.3) is 0 Å². The minimum Gasteiger partial charge on any atom is -0.468 e. The lowest BCUT2D eigenvalue weighted by Crippen LogP contribution is -2.46. The van der Waals surface area contributed by atoms with Crippen LogP contribution < -0.4 is 5.32 Å². The average Bonchev–Trinajstić information content (AvgIpc) is 2.56. The van der Waals surface area contributed by atoms with Crippen LogP contribution in [0.1, 0.15) is 12.5 Å². The zero-order valence-corrected chi connectivity index (χ0v) is 12.4. The van der Waals surface area contributed by atoms with E-state index < -0.39 is 30.2 Å². The van der Waals surface area contributed by atoms with Crippen molar-refractivity contribution in [1.29, 1.82) is 0 Å². The van der Waals surface area contributed by atoms with Crippen LogP contribution in [0.3, 0.4) is 0 Å². The van der Waals surface area contributed by atoms with E-state index >= 15 is 0 Å². The van der Waals surface area contributed by atoms with Gasteiger partial charge in [-0.05, 0) is 12.5 Å². The fraction of sp³-hybridized carbons (Fsp3) is 0.333. The number of methoxy groups -OCH3 is 1. The summed E-state index contributed by atoms with van der Waals surface area (Å²) in [7, 11) is 1.17. The van der Waals surface area contributed by atoms with Gasteiger partial charge in [0.1, 0.15) is 6.54 Å². The number of nitrogens with one attached hydrogen (secondary N) is 1. The highest BCUT2D eigenvalue weighted by Gasteiger charge is 2.26. The number of carbonyl (C=O) groups is 4. The Hall–Kier alpha value is -2.70. The topological polar surface area (TPSA) is 92.8 Å². The third-order valence-corrected chi connectivity index (χ3v) is 3.07. The Bertz CT molecular complexity index is 544. The second-order valence-corrected chi connectivity index (χ2v) is 4.56. The van der Waals surface area contributed by atoms with Crippen molar-refractivity contribution in [2.24, 2.45) is 0 Å². The first-order valence-corrected chi connectivity index (χ1v) is 6.63. The van der Waals surface area contributed by atoms with Crippen LogP contribution in [0.4, 0.5) is 0 Å². The molecule has 0 spiro atoms. The maximum absolute atomic E-state index is 12.0. The first kappa shape index (κ1) is 17.4. The highest BCUT2D eigenvalue weighted by atomic mass is 16.5. The van der Waals surface area contributed by atoms with Crippen LogP contribution in [0.5, 0.6) is 0 Å². The lowest BCUT2D eigenvalue weighted by molar-refractivity contribution is -0.145. The average molecular weight is 306 g/mol. The molecule has 0 aromatic heterocycles. The minimum atomic E-state index is -0.935. The number of amides is 2. The highest BCUT2D eigenvalue weighted by Crippen LogP contribution is 2.07. The van der Waals surface area contributed by atoms with Gasteiger partial charge < -0.3 is 15.0 Å². The lowest BCUT2D eigenvalue weighted by Gasteiger charge is -2.23. The quantitative estimate of drug-likeness (QED) is 0.411. The summed E-state index contributed by atoms with van der Waals surface area (Å²) in [5.74, 6) is -2.39. The van der Waals surface area contributed by atoms with Crippen molar-refractivity contribution in [2.75, 3.05) is 13.7 Å². The minimum absolute atomic E-state index is 0.210. The van der Waals surface area contributed by atoms with Crippen molar-refractivity contribution in [2.45, 2.75) is 19.5 Å². The molecule has 1 aromatic rings. The Balaban J connectivity index is 2.64. The third-order valence-electron chi connectivity index (χ3n) is 3.07. The van der Waals surface area contributed by atoms with E-state index in [2.05, 4.69) is 10.1 Å². The second-order valence-electron chi connectivity index (χ2n) is 4.56. The molecule has 7 nitrogen and oxygen atoms in total. The summed E-state index contributed by atoms with van der Waals surface area (Å²) in [5, 5.41) is 2.15. The molecule has 1 rings (SSSR count). The smallest absolute Gasteiger partial charge is 0.325 e. The summed E-state index contributed by atoms with van der Waals surface area (Å²) in [6, 6.07) is 8.15. The SMILES string of the molecule is COC(=O)CNC(=O)C(=O)C(C)N(C=O)Cc1ccccc1. The largest absolute Gasteiger partial charge is 0.468 e. The van der Waals surface area contributed by atoms with Gasteiger partial charge in [-0.25, -0.2) is 0 Å². The van der Waals surface area contributed by atoms with Gasteiger partial charge in [0.25, 0.3) is 5.91 Å². The first-order chi connectivity index (χ1) is 10.5. The standard InChI is InChI=1S/C15H18N2O5/c1-11(14(20)15(21)16-8-13(19)22-2)17(10-18)9-12-6-4-3-5-7-12/h3-7,10-11H,8-9H2,1-2H3,(H,16,21). The molecule has 0 saturated heterocycles. The van der Waals surface area contributed by atoms with Crippen LogP contribution >= 0.6 is 0 Å². The van der Waals surface area contributed by atoms with Crippen LogP contribution in [0, 0.1) is 0 Å². The molecule has 1 unspecified atom stereocenters. The van der Waals surface area contributed by atoms with Crippen molar-refractivity contribution in [3.8, 4) is 0 Å². The van der Waals surface area contributed by atoms with E-state index in [0.29, 0.717) is 6.41 Å². The van der Waals surface area contributed by atoms with Crippen molar-refractivity contribution in [3.05, 3.63) is 35.9 Å². The Labute approximate surface area is 128 Å².